The van der Waals surface area contributed by atoms with Gasteiger partial charge in [0.15, 0.2) is 6.17 Å². The summed E-state index contributed by atoms with van der Waals surface area (Å²) >= 11 is 0. The van der Waals surface area contributed by atoms with Crippen LogP contribution in [0.4, 0.5) is 13.2 Å². The number of fused-ring (bicyclic) bond motifs is 1. The Morgan fingerprint density at radius 3 is 2.27 bits per heavy atom. The Hall–Kier alpha value is -1.47. The third kappa shape index (κ3) is 2.51. The maximum atomic E-state index is 12.7. The number of rotatable bonds is 2. The number of amidine groups is 1. The highest BCUT2D eigenvalue weighted by Crippen LogP contribution is 2.61. The van der Waals surface area contributed by atoms with Gasteiger partial charge in [0.25, 0.3) is 0 Å². The summed E-state index contributed by atoms with van der Waals surface area (Å²) in [5, 5.41) is 5.47. The number of hydroxylamine groups is 1. The normalized spacial score (nSPS) is 41.3. The van der Waals surface area contributed by atoms with Crippen molar-refractivity contribution in [2.24, 2.45) is 28.3 Å². The second kappa shape index (κ2) is 5.52. The zero-order chi connectivity index (χ0) is 18.1. The SMILES string of the molecule is O=C(ON1N=C(C23CC4CC(CC(C4)C2)C3)N2CCCCC12)C(F)(F)F. The van der Waals surface area contributed by atoms with E-state index >= 15 is 0 Å². The lowest BCUT2D eigenvalue weighted by molar-refractivity contribution is -0.251. The van der Waals surface area contributed by atoms with Crippen LogP contribution in [0.2, 0.25) is 0 Å². The lowest BCUT2D eigenvalue weighted by Crippen LogP contribution is -2.56. The molecule has 4 bridgehead atoms. The summed E-state index contributed by atoms with van der Waals surface area (Å²) in [6, 6.07) is 0. The van der Waals surface area contributed by atoms with Crippen LogP contribution in [-0.2, 0) is 9.63 Å². The number of hydrogen-bond acceptors (Lipinski definition) is 5. The maximum Gasteiger partial charge on any atom is 0.493 e. The highest BCUT2D eigenvalue weighted by atomic mass is 19.4. The number of carbonyl (C=O) groups is 1. The number of hydrogen-bond donors (Lipinski definition) is 0. The molecule has 4 saturated carbocycles. The van der Waals surface area contributed by atoms with Crippen molar-refractivity contribution in [1.29, 1.82) is 0 Å². The van der Waals surface area contributed by atoms with Crippen molar-refractivity contribution < 1.29 is 22.8 Å². The average molecular weight is 371 g/mol. The largest absolute Gasteiger partial charge is 0.493 e. The first-order valence-corrected chi connectivity index (χ1v) is 9.78. The first-order chi connectivity index (χ1) is 12.3. The zero-order valence-corrected chi connectivity index (χ0v) is 14.7. The van der Waals surface area contributed by atoms with Gasteiger partial charge in [-0.15, -0.1) is 5.10 Å². The molecule has 0 spiro atoms. The molecule has 6 rings (SSSR count). The fourth-order valence-corrected chi connectivity index (χ4v) is 6.62. The third-order valence-electron chi connectivity index (χ3n) is 7.11. The quantitative estimate of drug-likeness (QED) is 0.743. The Bertz CT molecular complexity index is 613. The Labute approximate surface area is 150 Å². The molecule has 0 aromatic carbocycles. The van der Waals surface area contributed by atoms with Gasteiger partial charge in [0.2, 0.25) is 0 Å². The van der Waals surface area contributed by atoms with Crippen molar-refractivity contribution in [3.63, 3.8) is 0 Å². The second-order valence-electron chi connectivity index (χ2n) is 8.97. The molecule has 1 unspecified atom stereocenters. The molecular weight excluding hydrogens is 347 g/mol. The molecule has 1 saturated heterocycles. The predicted molar refractivity (Wildman–Crippen MR) is 86.4 cm³/mol. The van der Waals surface area contributed by atoms with Gasteiger partial charge in [-0.05, 0) is 75.5 Å². The van der Waals surface area contributed by atoms with Gasteiger partial charge >= 0.3 is 12.1 Å². The summed E-state index contributed by atoms with van der Waals surface area (Å²) in [6.45, 7) is 0.783. The van der Waals surface area contributed by atoms with E-state index in [1.165, 1.54) is 19.3 Å². The molecule has 0 aromatic rings. The number of alkyl halides is 3. The van der Waals surface area contributed by atoms with E-state index in [9.17, 15) is 18.0 Å². The standard InChI is InChI=1S/C18H24F3N3O2/c19-18(20,21)16(25)26-24-14-3-1-2-4-23(14)15(22-24)17-8-11-5-12(9-17)7-13(6-11)10-17/h11-14H,1-10H2. The highest BCUT2D eigenvalue weighted by molar-refractivity contribution is 5.90. The van der Waals surface area contributed by atoms with Crippen molar-refractivity contribution in [2.75, 3.05) is 6.54 Å². The van der Waals surface area contributed by atoms with Crippen molar-refractivity contribution in [2.45, 2.75) is 70.1 Å². The van der Waals surface area contributed by atoms with E-state index in [1.807, 2.05) is 0 Å². The van der Waals surface area contributed by atoms with E-state index in [-0.39, 0.29) is 11.6 Å². The molecule has 0 N–H and O–H groups in total. The van der Waals surface area contributed by atoms with Crippen molar-refractivity contribution in [3.8, 4) is 0 Å². The Kier molecular flexibility index (Phi) is 3.54. The fraction of sp³-hybridized carbons (Fsp3) is 0.889. The molecule has 2 aliphatic heterocycles. The predicted octanol–water partition coefficient (Wildman–Crippen LogP) is 3.66. The first kappa shape index (κ1) is 16.7. The van der Waals surface area contributed by atoms with Crippen LogP contribution in [0.1, 0.15) is 57.8 Å². The zero-order valence-electron chi connectivity index (χ0n) is 14.7. The van der Waals surface area contributed by atoms with Gasteiger partial charge < -0.3 is 9.74 Å². The maximum absolute atomic E-state index is 12.7. The molecule has 2 heterocycles. The number of halogens is 3. The third-order valence-corrected chi connectivity index (χ3v) is 7.11. The van der Waals surface area contributed by atoms with Crippen LogP contribution in [0.3, 0.4) is 0 Å². The minimum atomic E-state index is -5.00. The summed E-state index contributed by atoms with van der Waals surface area (Å²) in [6.07, 6.45) is 4.34. The monoisotopic (exact) mass is 371 g/mol. The van der Waals surface area contributed by atoms with Gasteiger partial charge in [0.05, 0.1) is 0 Å². The molecule has 8 heteroatoms. The van der Waals surface area contributed by atoms with Crippen molar-refractivity contribution >= 4 is 11.8 Å². The van der Waals surface area contributed by atoms with Crippen LogP contribution in [0, 0.1) is 23.2 Å². The summed E-state index contributed by atoms with van der Waals surface area (Å²) < 4.78 is 38.0. The lowest BCUT2D eigenvalue weighted by atomic mass is 9.49. The Balaban J connectivity index is 1.45. The molecule has 5 fully saturated rings. The summed E-state index contributed by atoms with van der Waals surface area (Å²) in [5.41, 5.74) is -0.0241. The van der Waals surface area contributed by atoms with E-state index in [0.29, 0.717) is 6.42 Å². The van der Waals surface area contributed by atoms with Crippen LogP contribution in [-0.4, -0.2) is 40.8 Å². The molecule has 144 valence electrons. The van der Waals surface area contributed by atoms with E-state index in [2.05, 4.69) is 14.8 Å². The number of nitrogens with zero attached hydrogens (tertiary/aromatic N) is 3. The molecule has 6 aliphatic rings. The Morgan fingerprint density at radius 1 is 1.08 bits per heavy atom. The second-order valence-corrected chi connectivity index (χ2v) is 8.97. The van der Waals surface area contributed by atoms with Crippen LogP contribution in [0.15, 0.2) is 5.10 Å². The van der Waals surface area contributed by atoms with Gasteiger partial charge in [0, 0.05) is 12.0 Å². The molecule has 4 aliphatic carbocycles. The first-order valence-electron chi connectivity index (χ1n) is 9.78. The lowest BCUT2D eigenvalue weighted by Gasteiger charge is -2.57. The topological polar surface area (TPSA) is 45.1 Å². The molecule has 0 aromatic heterocycles. The van der Waals surface area contributed by atoms with Crippen LogP contribution < -0.4 is 0 Å². The van der Waals surface area contributed by atoms with Crippen LogP contribution in [0.5, 0.6) is 0 Å². The van der Waals surface area contributed by atoms with E-state index < -0.39 is 12.1 Å². The Morgan fingerprint density at radius 2 is 1.69 bits per heavy atom. The molecule has 5 nitrogen and oxygen atoms in total. The van der Waals surface area contributed by atoms with Gasteiger partial charge in [-0.25, -0.2) is 4.79 Å². The summed E-state index contributed by atoms with van der Waals surface area (Å²) in [7, 11) is 0. The highest BCUT2D eigenvalue weighted by Gasteiger charge is 2.57. The fourth-order valence-electron chi connectivity index (χ4n) is 6.62. The minimum Gasteiger partial charge on any atom is -0.333 e. The van der Waals surface area contributed by atoms with Gasteiger partial charge in [-0.2, -0.15) is 13.2 Å². The number of piperidine rings is 1. The molecule has 26 heavy (non-hydrogen) atoms. The van der Waals surface area contributed by atoms with Gasteiger partial charge in [-0.3, -0.25) is 0 Å². The van der Waals surface area contributed by atoms with Crippen molar-refractivity contribution in [1.82, 2.24) is 10.1 Å². The van der Waals surface area contributed by atoms with Crippen molar-refractivity contribution in [3.05, 3.63) is 0 Å². The number of carbonyl (C=O) groups excluding carboxylic acids is 1. The average Bonchev–Trinajstić information content (AvgIpc) is 2.92. The molecule has 0 amide bonds. The van der Waals surface area contributed by atoms with E-state index in [0.717, 1.165) is 67.4 Å². The van der Waals surface area contributed by atoms with Gasteiger partial charge in [0.1, 0.15) is 5.84 Å². The molecule has 1 atom stereocenters. The molecular formula is C18H24F3N3O2. The smallest absolute Gasteiger partial charge is 0.333 e. The van der Waals surface area contributed by atoms with E-state index in [4.69, 9.17) is 0 Å². The van der Waals surface area contributed by atoms with Crippen LogP contribution >= 0.6 is 0 Å². The summed E-state index contributed by atoms with van der Waals surface area (Å²) in [4.78, 5) is 18.2. The van der Waals surface area contributed by atoms with E-state index in [1.54, 1.807) is 0 Å². The molecule has 0 radical (unpaired) electrons. The minimum absolute atomic E-state index is 0.0241. The number of hydrazone groups is 1. The summed E-state index contributed by atoms with van der Waals surface area (Å²) in [5.74, 6) is 0.881. The van der Waals surface area contributed by atoms with Crippen LogP contribution in [0.25, 0.3) is 0 Å². The van der Waals surface area contributed by atoms with Gasteiger partial charge in [-0.1, -0.05) is 5.17 Å².